The monoisotopic (exact) mass is 370 g/mol. The average Bonchev–Trinajstić information content (AvgIpc) is 3.40. The first-order valence-electron chi connectivity index (χ1n) is 8.44. The first-order chi connectivity index (χ1) is 12.3. The van der Waals surface area contributed by atoms with Gasteiger partial charge in [-0.25, -0.2) is 13.6 Å². The molecular formula is C19H18N2O4S. The summed E-state index contributed by atoms with van der Waals surface area (Å²) < 4.78 is 22.7. The van der Waals surface area contributed by atoms with Crippen LogP contribution in [0.3, 0.4) is 0 Å². The fourth-order valence-corrected chi connectivity index (χ4v) is 3.88. The highest BCUT2D eigenvalue weighted by atomic mass is 32.2. The Labute approximate surface area is 151 Å². The second-order valence-corrected chi connectivity index (χ2v) is 8.37. The average molecular weight is 370 g/mol. The number of imide groups is 1. The molecule has 1 saturated heterocycles. The van der Waals surface area contributed by atoms with Gasteiger partial charge < -0.3 is 0 Å². The summed E-state index contributed by atoms with van der Waals surface area (Å²) in [5, 5.41) is 5.08. The molecule has 2 amide bonds. The maximum Gasteiger partial charge on any atom is 0.241 e. The van der Waals surface area contributed by atoms with Gasteiger partial charge in [0.15, 0.2) is 0 Å². The van der Waals surface area contributed by atoms with Gasteiger partial charge in [0.25, 0.3) is 0 Å². The number of benzene rings is 2. The van der Waals surface area contributed by atoms with E-state index >= 15 is 0 Å². The van der Waals surface area contributed by atoms with E-state index in [9.17, 15) is 18.0 Å². The molecule has 2 fully saturated rings. The van der Waals surface area contributed by atoms with Crippen LogP contribution in [-0.2, 0) is 19.6 Å². The third-order valence-electron chi connectivity index (χ3n) is 4.96. The van der Waals surface area contributed by atoms with Crippen LogP contribution in [0.25, 0.3) is 0 Å². The van der Waals surface area contributed by atoms with Crippen molar-refractivity contribution in [3.05, 3.63) is 59.7 Å². The van der Waals surface area contributed by atoms with Crippen molar-refractivity contribution < 1.29 is 18.0 Å². The summed E-state index contributed by atoms with van der Waals surface area (Å²) in [5.41, 5.74) is 2.46. The normalized spacial score (nSPS) is 20.7. The lowest BCUT2D eigenvalue weighted by Gasteiger charge is -2.15. The van der Waals surface area contributed by atoms with Crippen LogP contribution >= 0.6 is 0 Å². The zero-order valence-corrected chi connectivity index (χ0v) is 14.8. The second kappa shape index (κ2) is 6.03. The Hall–Kier alpha value is -2.51. The predicted octanol–water partition coefficient (Wildman–Crippen LogP) is 2.26. The van der Waals surface area contributed by atoms with Crippen molar-refractivity contribution in [1.82, 2.24) is 0 Å². The molecule has 2 aromatic carbocycles. The lowest BCUT2D eigenvalue weighted by atomic mass is 9.96. The predicted molar refractivity (Wildman–Crippen MR) is 96.1 cm³/mol. The molecule has 2 aromatic rings. The fourth-order valence-electron chi connectivity index (χ4n) is 3.37. The van der Waals surface area contributed by atoms with E-state index in [1.54, 1.807) is 0 Å². The van der Waals surface area contributed by atoms with Gasteiger partial charge in [-0.3, -0.25) is 14.5 Å². The third-order valence-corrected chi connectivity index (χ3v) is 5.89. The smallest absolute Gasteiger partial charge is 0.241 e. The molecule has 2 aliphatic rings. The molecule has 1 unspecified atom stereocenters. The Kier molecular flexibility index (Phi) is 3.93. The van der Waals surface area contributed by atoms with Gasteiger partial charge in [0.05, 0.1) is 16.5 Å². The number of nitrogens with two attached hydrogens (primary N) is 1. The minimum atomic E-state index is -3.82. The first-order valence-corrected chi connectivity index (χ1v) is 9.99. The van der Waals surface area contributed by atoms with E-state index in [1.807, 2.05) is 24.3 Å². The van der Waals surface area contributed by atoms with Gasteiger partial charge in [0.2, 0.25) is 21.8 Å². The van der Waals surface area contributed by atoms with E-state index in [4.69, 9.17) is 5.14 Å². The minimum absolute atomic E-state index is 0.0624. The number of sulfonamides is 1. The number of amides is 2. The maximum atomic E-state index is 12.8. The van der Waals surface area contributed by atoms with E-state index in [0.29, 0.717) is 11.6 Å². The van der Waals surface area contributed by atoms with E-state index in [2.05, 4.69) is 0 Å². The molecule has 1 heterocycles. The third kappa shape index (κ3) is 3.04. The topological polar surface area (TPSA) is 97.5 Å². The molecule has 1 aliphatic carbocycles. The number of hydrogen-bond acceptors (Lipinski definition) is 4. The fraction of sp³-hybridized carbons (Fsp3) is 0.263. The molecule has 1 atom stereocenters. The molecule has 1 aliphatic heterocycles. The van der Waals surface area contributed by atoms with E-state index in [1.165, 1.54) is 42.7 Å². The van der Waals surface area contributed by atoms with Crippen molar-refractivity contribution in [2.45, 2.75) is 36.0 Å². The molecule has 4 rings (SSSR count). The van der Waals surface area contributed by atoms with E-state index < -0.39 is 15.9 Å². The lowest BCUT2D eigenvalue weighted by molar-refractivity contribution is -0.121. The first kappa shape index (κ1) is 16.9. The molecule has 0 spiro atoms. The highest BCUT2D eigenvalue weighted by Gasteiger charge is 2.40. The zero-order chi connectivity index (χ0) is 18.5. The molecule has 7 heteroatoms. The largest absolute Gasteiger partial charge is 0.274 e. The van der Waals surface area contributed by atoms with Crippen LogP contribution in [0.15, 0.2) is 53.4 Å². The highest BCUT2D eigenvalue weighted by molar-refractivity contribution is 7.89. The number of nitrogens with zero attached hydrogens (tertiary/aromatic N) is 1. The van der Waals surface area contributed by atoms with Gasteiger partial charge >= 0.3 is 0 Å². The minimum Gasteiger partial charge on any atom is -0.274 e. The van der Waals surface area contributed by atoms with E-state index in [0.717, 1.165) is 10.5 Å². The molecule has 0 bridgehead atoms. The number of rotatable bonds is 4. The summed E-state index contributed by atoms with van der Waals surface area (Å²) in [4.78, 5) is 26.2. The summed E-state index contributed by atoms with van der Waals surface area (Å²) in [5.74, 6) is -0.459. The van der Waals surface area contributed by atoms with Crippen molar-refractivity contribution in [3.63, 3.8) is 0 Å². The summed E-state index contributed by atoms with van der Waals surface area (Å²) in [6.07, 6.45) is 2.53. The van der Waals surface area contributed by atoms with Crippen molar-refractivity contribution in [2.24, 2.45) is 5.14 Å². The lowest BCUT2D eigenvalue weighted by Crippen LogP contribution is -2.30. The standard InChI is InChI=1S/C19H18N2O4S/c20-26(24,25)16-9-7-15(8-10-16)21-18(22)11-17(19(21)23)14-5-3-13(4-6-14)12-1-2-12/h3-10,12,17H,1-2,11H2,(H2,20,24,25). The maximum absolute atomic E-state index is 12.8. The van der Waals surface area contributed by atoms with Crippen molar-refractivity contribution in [1.29, 1.82) is 0 Å². The van der Waals surface area contributed by atoms with Crippen LogP contribution in [0.5, 0.6) is 0 Å². The second-order valence-electron chi connectivity index (χ2n) is 6.80. The molecule has 0 aromatic heterocycles. The van der Waals surface area contributed by atoms with Gasteiger partial charge in [-0.2, -0.15) is 0 Å². The van der Waals surface area contributed by atoms with Crippen molar-refractivity contribution >= 4 is 27.5 Å². The Morgan fingerprint density at radius 2 is 1.46 bits per heavy atom. The molecule has 2 N–H and O–H groups in total. The molecule has 26 heavy (non-hydrogen) atoms. The molecule has 6 nitrogen and oxygen atoms in total. The van der Waals surface area contributed by atoms with Crippen LogP contribution in [0.1, 0.15) is 42.2 Å². The molecule has 134 valence electrons. The van der Waals surface area contributed by atoms with Gasteiger partial charge in [-0.05, 0) is 54.2 Å². The Morgan fingerprint density at radius 1 is 0.885 bits per heavy atom. The van der Waals surface area contributed by atoms with Crippen molar-refractivity contribution in [2.75, 3.05) is 4.90 Å². The molecular weight excluding hydrogens is 352 g/mol. The summed E-state index contributed by atoms with van der Waals surface area (Å²) in [6.45, 7) is 0. The van der Waals surface area contributed by atoms with Crippen molar-refractivity contribution in [3.8, 4) is 0 Å². The van der Waals surface area contributed by atoms with Crippen LogP contribution in [0.2, 0.25) is 0 Å². The molecule has 0 radical (unpaired) electrons. The van der Waals surface area contributed by atoms with Crippen LogP contribution < -0.4 is 10.0 Å². The SMILES string of the molecule is NS(=O)(=O)c1ccc(N2C(=O)CC(c3ccc(C4CC4)cc3)C2=O)cc1. The quantitative estimate of drug-likeness (QED) is 0.835. The summed E-state index contributed by atoms with van der Waals surface area (Å²) in [7, 11) is -3.82. The summed E-state index contributed by atoms with van der Waals surface area (Å²) in [6, 6.07) is 13.4. The van der Waals surface area contributed by atoms with Gasteiger partial charge in [0.1, 0.15) is 0 Å². The number of primary sulfonamides is 1. The molecule has 1 saturated carbocycles. The Bertz CT molecular complexity index is 977. The Balaban J connectivity index is 1.58. The van der Waals surface area contributed by atoms with Gasteiger partial charge in [-0.1, -0.05) is 24.3 Å². The number of hydrogen-bond donors (Lipinski definition) is 1. The van der Waals surface area contributed by atoms with Gasteiger partial charge in [0, 0.05) is 6.42 Å². The number of carbonyl (C=O) groups is 2. The van der Waals surface area contributed by atoms with Crippen LogP contribution in [0, 0.1) is 0 Å². The van der Waals surface area contributed by atoms with Crippen LogP contribution in [0.4, 0.5) is 5.69 Å². The van der Waals surface area contributed by atoms with Crippen LogP contribution in [-0.4, -0.2) is 20.2 Å². The Morgan fingerprint density at radius 3 is 2.00 bits per heavy atom. The van der Waals surface area contributed by atoms with E-state index in [-0.39, 0.29) is 23.1 Å². The van der Waals surface area contributed by atoms with Gasteiger partial charge in [-0.15, -0.1) is 0 Å². The highest BCUT2D eigenvalue weighted by Crippen LogP contribution is 2.41. The zero-order valence-electron chi connectivity index (χ0n) is 14.0. The summed E-state index contributed by atoms with van der Waals surface area (Å²) >= 11 is 0. The number of carbonyl (C=O) groups excluding carboxylic acids is 2. The number of anilines is 1.